The second-order valence-electron chi connectivity index (χ2n) is 0.406. The van der Waals surface area contributed by atoms with Crippen molar-refractivity contribution in [2.75, 3.05) is 6.73 Å². The predicted octanol–water partition coefficient (Wildman–Crippen LogP) is -0.575. The highest BCUT2D eigenvalue weighted by molar-refractivity contribution is 4.51. The molecule has 0 bridgehead atoms. The maximum absolute atomic E-state index is 7.35. The summed E-state index contributed by atoms with van der Waals surface area (Å²) in [5.74, 6) is 0. The van der Waals surface area contributed by atoms with Gasteiger partial charge < -0.3 is 10.8 Å². The van der Waals surface area contributed by atoms with Gasteiger partial charge in [0.1, 0.15) is 0 Å². The lowest BCUT2D eigenvalue weighted by molar-refractivity contribution is 0.307. The first-order chi connectivity index (χ1) is 2.83. The van der Waals surface area contributed by atoms with Gasteiger partial charge in [0, 0.05) is 6.92 Å². The number of rotatable bonds is 0. The van der Waals surface area contributed by atoms with E-state index in [1.165, 1.54) is 6.92 Å². The van der Waals surface area contributed by atoms with Gasteiger partial charge in [-0.25, -0.2) is 0 Å². The molecule has 0 saturated heterocycles. The Morgan fingerprint density at radius 3 is 2.00 bits per heavy atom. The van der Waals surface area contributed by atoms with Gasteiger partial charge in [0.05, 0.1) is 12.8 Å². The Morgan fingerprint density at radius 2 is 2.00 bits per heavy atom. The minimum Gasteiger partial charge on any atom is -0.382 e. The molecule has 0 aliphatic carbocycles. The Labute approximate surface area is 37.0 Å². The van der Waals surface area contributed by atoms with Crippen LogP contribution in [0, 0.1) is 11.3 Å². The van der Waals surface area contributed by atoms with Crippen molar-refractivity contribution >= 4 is 0 Å². The van der Waals surface area contributed by atoms with Crippen LogP contribution in [-0.2, 0) is 0 Å². The molecule has 6 heavy (non-hydrogen) atoms. The fraction of sp³-hybridized carbons (Fsp3) is 0.667. The first-order valence-corrected chi connectivity index (χ1v) is 1.45. The van der Waals surface area contributed by atoms with Gasteiger partial charge in [-0.1, -0.05) is 0 Å². The van der Waals surface area contributed by atoms with Crippen LogP contribution in [0.4, 0.5) is 0 Å². The summed E-state index contributed by atoms with van der Waals surface area (Å²) in [7, 11) is 0. The third-order valence-corrected chi connectivity index (χ3v) is 0. The highest BCUT2D eigenvalue weighted by Gasteiger charge is 1.30. The highest BCUT2D eigenvalue weighted by atomic mass is 16.3. The van der Waals surface area contributed by atoms with E-state index in [0.29, 0.717) is 0 Å². The average Bonchev–Trinajstić information content (AvgIpc) is 1.39. The molecule has 36 valence electrons. The third kappa shape index (κ3) is 56.9. The second kappa shape index (κ2) is 25.8. The topological polar surface area (TPSA) is 70.0 Å². The van der Waals surface area contributed by atoms with Crippen LogP contribution in [0.5, 0.6) is 0 Å². The number of aliphatic hydroxyl groups is 1. The molecule has 0 spiro atoms. The van der Waals surface area contributed by atoms with Crippen LogP contribution in [0.1, 0.15) is 6.92 Å². The molecule has 0 fully saturated rings. The van der Waals surface area contributed by atoms with E-state index in [1.807, 2.05) is 0 Å². The van der Waals surface area contributed by atoms with Crippen LogP contribution in [0.3, 0.4) is 0 Å². The van der Waals surface area contributed by atoms with E-state index in [1.54, 1.807) is 6.07 Å². The van der Waals surface area contributed by atoms with Gasteiger partial charge in [-0.15, -0.1) is 0 Å². The minimum atomic E-state index is -0.250. The Hall–Kier alpha value is -0.590. The van der Waals surface area contributed by atoms with Crippen LogP contribution < -0.4 is 5.73 Å². The Bertz CT molecular complexity index is 38.5. The van der Waals surface area contributed by atoms with Gasteiger partial charge in [-0.05, 0) is 0 Å². The van der Waals surface area contributed by atoms with Crippen LogP contribution >= 0.6 is 0 Å². The maximum atomic E-state index is 7.35. The number of nitrogens with zero attached hydrogens (tertiary/aromatic N) is 1. The molecule has 0 aromatic rings. The molecule has 0 unspecified atom stereocenters. The molecule has 0 rings (SSSR count). The lowest BCUT2D eigenvalue weighted by Crippen LogP contribution is -1.92. The van der Waals surface area contributed by atoms with Gasteiger partial charge >= 0.3 is 0 Å². The van der Waals surface area contributed by atoms with E-state index in [-0.39, 0.29) is 6.73 Å². The molecule has 0 saturated carbocycles. The third-order valence-electron chi connectivity index (χ3n) is 0. The summed E-state index contributed by atoms with van der Waals surface area (Å²) in [5.41, 5.74) is 4.40. The van der Waals surface area contributed by atoms with Crippen molar-refractivity contribution in [3.05, 3.63) is 0 Å². The first-order valence-electron chi connectivity index (χ1n) is 1.45. The normalized spacial score (nSPS) is 4.33. The molecule has 0 radical (unpaired) electrons. The summed E-state index contributed by atoms with van der Waals surface area (Å²) in [6.07, 6.45) is 0. The van der Waals surface area contributed by atoms with Crippen LogP contribution in [0.15, 0.2) is 0 Å². The van der Waals surface area contributed by atoms with Crippen LogP contribution in [0.25, 0.3) is 0 Å². The van der Waals surface area contributed by atoms with E-state index in [9.17, 15) is 0 Å². The maximum Gasteiger partial charge on any atom is 0.0906 e. The molecule has 3 nitrogen and oxygen atoms in total. The summed E-state index contributed by atoms with van der Waals surface area (Å²) in [6, 6.07) is 1.75. The predicted molar refractivity (Wildman–Crippen MR) is 22.6 cm³/mol. The lowest BCUT2D eigenvalue weighted by atomic mass is 11.0. The highest BCUT2D eigenvalue weighted by Crippen LogP contribution is 1.21. The largest absolute Gasteiger partial charge is 0.382 e. The summed E-state index contributed by atoms with van der Waals surface area (Å²) in [4.78, 5) is 0. The fourth-order valence-electron chi connectivity index (χ4n) is 0. The molecule has 0 atom stereocenters. The number of nitrogens with two attached hydrogens (primary N) is 1. The van der Waals surface area contributed by atoms with Gasteiger partial charge in [-0.3, -0.25) is 0 Å². The quantitative estimate of drug-likeness (QED) is 0.389. The molecule has 0 aromatic heterocycles. The molecule has 0 aromatic carbocycles. The Balaban J connectivity index is 0. The van der Waals surface area contributed by atoms with E-state index in [2.05, 4.69) is 5.73 Å². The summed E-state index contributed by atoms with van der Waals surface area (Å²) in [5, 5.41) is 14.7. The number of hydrogen-bond acceptors (Lipinski definition) is 3. The fourth-order valence-corrected chi connectivity index (χ4v) is 0. The van der Waals surface area contributed by atoms with Crippen molar-refractivity contribution in [1.29, 1.82) is 5.26 Å². The average molecular weight is 88.1 g/mol. The van der Waals surface area contributed by atoms with E-state index < -0.39 is 0 Å². The summed E-state index contributed by atoms with van der Waals surface area (Å²) >= 11 is 0. The first kappa shape index (κ1) is 9.05. The van der Waals surface area contributed by atoms with Crippen molar-refractivity contribution in [3.8, 4) is 6.07 Å². The second-order valence-corrected chi connectivity index (χ2v) is 0.406. The molecule has 0 amide bonds. The van der Waals surface area contributed by atoms with E-state index in [0.717, 1.165) is 0 Å². The molecular weight excluding hydrogens is 80.0 g/mol. The van der Waals surface area contributed by atoms with E-state index >= 15 is 0 Å². The van der Waals surface area contributed by atoms with Crippen molar-refractivity contribution < 1.29 is 5.11 Å². The van der Waals surface area contributed by atoms with E-state index in [4.69, 9.17) is 10.4 Å². The van der Waals surface area contributed by atoms with Gasteiger partial charge in [0.15, 0.2) is 0 Å². The van der Waals surface area contributed by atoms with Crippen molar-refractivity contribution in [3.63, 3.8) is 0 Å². The molecular formula is C3H8N2O. The number of aliphatic hydroxyl groups excluding tert-OH is 1. The minimum absolute atomic E-state index is 0.250. The lowest BCUT2D eigenvalue weighted by Gasteiger charge is -1.56. The molecule has 0 heterocycles. The zero-order chi connectivity index (χ0) is 5.41. The van der Waals surface area contributed by atoms with Gasteiger partial charge in [-0.2, -0.15) is 5.26 Å². The Kier molecular flexibility index (Phi) is 38.9. The molecule has 0 aliphatic heterocycles. The van der Waals surface area contributed by atoms with Gasteiger partial charge in [0.25, 0.3) is 0 Å². The molecule has 3 N–H and O–H groups in total. The van der Waals surface area contributed by atoms with Crippen molar-refractivity contribution in [2.45, 2.75) is 6.92 Å². The summed E-state index contributed by atoms with van der Waals surface area (Å²) in [6.45, 7) is 1.18. The van der Waals surface area contributed by atoms with Crippen molar-refractivity contribution in [2.24, 2.45) is 5.73 Å². The zero-order valence-corrected chi connectivity index (χ0v) is 3.68. The zero-order valence-electron chi connectivity index (χ0n) is 3.68. The number of hydrogen-bond donors (Lipinski definition) is 2. The summed E-state index contributed by atoms with van der Waals surface area (Å²) < 4.78 is 0. The van der Waals surface area contributed by atoms with Crippen molar-refractivity contribution in [1.82, 2.24) is 0 Å². The van der Waals surface area contributed by atoms with Crippen LogP contribution in [0.2, 0.25) is 0 Å². The SMILES string of the molecule is CC#N.NCO. The smallest absolute Gasteiger partial charge is 0.0906 e. The Morgan fingerprint density at radius 1 is 2.00 bits per heavy atom. The monoisotopic (exact) mass is 88.1 g/mol. The van der Waals surface area contributed by atoms with Crippen LogP contribution in [-0.4, -0.2) is 11.8 Å². The van der Waals surface area contributed by atoms with Gasteiger partial charge in [0.2, 0.25) is 0 Å². The molecule has 0 aliphatic rings. The molecule has 3 heteroatoms. The standard InChI is InChI=1S/C2H3N.CH5NO/c1-2-3;2-1-3/h1H3;3H,1-2H2. The number of nitriles is 1.